The van der Waals surface area contributed by atoms with Crippen LogP contribution in [0.15, 0.2) is 4.99 Å². The zero-order valence-electron chi connectivity index (χ0n) is 19.2. The molecule has 0 aromatic rings. The second kappa shape index (κ2) is 10.7. The first-order valence-corrected chi connectivity index (χ1v) is 11.4. The second-order valence-corrected chi connectivity index (χ2v) is 10.0. The Morgan fingerprint density at radius 3 is 2.33 bits per heavy atom. The smallest absolute Gasteiger partial charge is 0.410 e. The maximum atomic E-state index is 12.8. The normalized spacial score (nSPS) is 22.0. The molecule has 0 aromatic carbocycles. The zero-order valence-corrected chi connectivity index (χ0v) is 21.5. The minimum atomic E-state index is -0.600. The van der Waals surface area contributed by atoms with Gasteiger partial charge in [-0.25, -0.2) is 4.79 Å². The highest BCUT2D eigenvalue weighted by Crippen LogP contribution is 2.33. The lowest BCUT2D eigenvalue weighted by Crippen LogP contribution is -2.53. The van der Waals surface area contributed by atoms with Crippen LogP contribution >= 0.6 is 24.0 Å². The van der Waals surface area contributed by atoms with Gasteiger partial charge in [0.05, 0.1) is 12.1 Å². The number of amides is 1. The highest BCUT2D eigenvalue weighted by molar-refractivity contribution is 14.0. The Morgan fingerprint density at radius 2 is 1.87 bits per heavy atom. The number of likely N-dealkylation sites (tertiary alicyclic amines) is 1. The number of aliphatic imine (C=N–C) groups is 1. The van der Waals surface area contributed by atoms with Crippen LogP contribution < -0.4 is 5.32 Å². The first-order valence-electron chi connectivity index (χ1n) is 11.4. The van der Waals surface area contributed by atoms with Crippen LogP contribution in [0.1, 0.15) is 72.6 Å². The number of carbonyl (C=O) groups is 1. The first kappa shape index (κ1) is 25.5. The summed E-state index contributed by atoms with van der Waals surface area (Å²) in [5.74, 6) is 1.53. The molecule has 1 saturated heterocycles. The molecule has 3 fully saturated rings. The average molecular weight is 536 g/mol. The maximum Gasteiger partial charge on any atom is 0.410 e. The second-order valence-electron chi connectivity index (χ2n) is 10.0. The van der Waals surface area contributed by atoms with Gasteiger partial charge in [0, 0.05) is 32.2 Å². The van der Waals surface area contributed by atoms with Gasteiger partial charge in [0.1, 0.15) is 5.60 Å². The molecule has 174 valence electrons. The summed E-state index contributed by atoms with van der Waals surface area (Å²) in [6.45, 7) is 11.7. The molecule has 0 aromatic heterocycles. The predicted octanol–water partition coefficient (Wildman–Crippen LogP) is 3.60. The Kier molecular flexibility index (Phi) is 9.09. The van der Waals surface area contributed by atoms with Gasteiger partial charge in [-0.2, -0.15) is 0 Å². The molecule has 1 heterocycles. The molecule has 1 amide bonds. The zero-order chi connectivity index (χ0) is 21.1. The van der Waals surface area contributed by atoms with Crippen molar-refractivity contribution in [1.82, 2.24) is 15.1 Å². The number of guanidine groups is 1. The summed E-state index contributed by atoms with van der Waals surface area (Å²) in [7, 11) is 0. The molecule has 0 radical (unpaired) electrons. The van der Waals surface area contributed by atoms with Crippen LogP contribution in [-0.4, -0.2) is 76.9 Å². The fourth-order valence-electron chi connectivity index (χ4n) is 4.05. The van der Waals surface area contributed by atoms with Gasteiger partial charge >= 0.3 is 6.09 Å². The Hall–Kier alpha value is -0.770. The number of rotatable bonds is 6. The van der Waals surface area contributed by atoms with Crippen molar-refractivity contribution in [3.63, 3.8) is 0 Å². The fraction of sp³-hybridized carbons (Fsp3) is 0.909. The Morgan fingerprint density at radius 1 is 1.23 bits per heavy atom. The summed E-state index contributed by atoms with van der Waals surface area (Å²) in [5.41, 5.74) is -1.07. The SMILES string of the molecule is CCNC(=NCC1(O)CCC1)N1CCC(N(CC2CC2)C(=O)OC(C)(C)C)CC1.I. The van der Waals surface area contributed by atoms with Crippen molar-refractivity contribution in [2.75, 3.05) is 32.7 Å². The summed E-state index contributed by atoms with van der Waals surface area (Å²) in [5, 5.41) is 13.7. The number of hydrogen-bond acceptors (Lipinski definition) is 4. The molecule has 2 N–H and O–H groups in total. The summed E-state index contributed by atoms with van der Waals surface area (Å²) >= 11 is 0. The molecule has 0 atom stereocenters. The predicted molar refractivity (Wildman–Crippen MR) is 130 cm³/mol. The third-order valence-corrected chi connectivity index (χ3v) is 6.13. The standard InChI is InChI=1S/C22H40N4O3.HI/c1-5-23-19(24-16-22(28)11-6-12-22)25-13-9-18(10-14-25)26(15-17-7-8-17)20(27)29-21(2,3)4;/h17-18,28H,5-16H2,1-4H3,(H,23,24);1H. The summed E-state index contributed by atoms with van der Waals surface area (Å²) in [6, 6.07) is 0.223. The van der Waals surface area contributed by atoms with Gasteiger partial charge in [-0.1, -0.05) is 0 Å². The van der Waals surface area contributed by atoms with Gasteiger partial charge in [0.15, 0.2) is 5.96 Å². The van der Waals surface area contributed by atoms with Crippen LogP contribution in [0.3, 0.4) is 0 Å². The third-order valence-electron chi connectivity index (χ3n) is 6.13. The molecule has 3 aliphatic rings. The van der Waals surface area contributed by atoms with E-state index in [1.54, 1.807) is 0 Å². The Labute approximate surface area is 199 Å². The number of carbonyl (C=O) groups excluding carboxylic acids is 1. The lowest BCUT2D eigenvalue weighted by Gasteiger charge is -2.40. The monoisotopic (exact) mass is 536 g/mol. The quantitative estimate of drug-likeness (QED) is 0.308. The molecule has 30 heavy (non-hydrogen) atoms. The maximum absolute atomic E-state index is 12.8. The van der Waals surface area contributed by atoms with Crippen molar-refractivity contribution in [1.29, 1.82) is 0 Å². The van der Waals surface area contributed by atoms with E-state index in [0.717, 1.165) is 64.2 Å². The highest BCUT2D eigenvalue weighted by Gasteiger charge is 2.37. The van der Waals surface area contributed by atoms with Gasteiger partial charge in [-0.15, -0.1) is 24.0 Å². The number of piperidine rings is 1. The molecule has 1 aliphatic heterocycles. The molecular weight excluding hydrogens is 495 g/mol. The van der Waals surface area contributed by atoms with Gasteiger partial charge in [0.2, 0.25) is 0 Å². The van der Waals surface area contributed by atoms with Crippen LogP contribution in [0.25, 0.3) is 0 Å². The molecule has 2 aliphatic carbocycles. The number of halogens is 1. The average Bonchev–Trinajstić information content (AvgIpc) is 3.44. The largest absolute Gasteiger partial charge is 0.444 e. The van der Waals surface area contributed by atoms with E-state index in [4.69, 9.17) is 9.73 Å². The van der Waals surface area contributed by atoms with Crippen molar-refractivity contribution in [3.8, 4) is 0 Å². The van der Waals surface area contributed by atoms with Crippen molar-refractivity contribution < 1.29 is 14.6 Å². The van der Waals surface area contributed by atoms with E-state index in [2.05, 4.69) is 17.1 Å². The van der Waals surface area contributed by atoms with Crippen LogP contribution in [0.5, 0.6) is 0 Å². The van der Waals surface area contributed by atoms with Gasteiger partial charge in [-0.3, -0.25) is 4.99 Å². The molecule has 3 rings (SSSR count). The molecule has 0 bridgehead atoms. The van der Waals surface area contributed by atoms with Crippen LogP contribution in [-0.2, 0) is 4.74 Å². The van der Waals surface area contributed by atoms with E-state index in [9.17, 15) is 9.90 Å². The minimum absolute atomic E-state index is 0. The molecule has 8 heteroatoms. The third kappa shape index (κ3) is 7.43. The Bertz CT molecular complexity index is 592. The first-order chi connectivity index (χ1) is 13.7. The summed E-state index contributed by atoms with van der Waals surface area (Å²) in [6.07, 6.45) is 6.90. The van der Waals surface area contributed by atoms with Crippen molar-refractivity contribution in [2.45, 2.75) is 89.9 Å². The van der Waals surface area contributed by atoms with Gasteiger partial charge in [-0.05, 0) is 78.6 Å². The van der Waals surface area contributed by atoms with Gasteiger partial charge < -0.3 is 25.0 Å². The highest BCUT2D eigenvalue weighted by atomic mass is 127. The number of ether oxygens (including phenoxy) is 1. The minimum Gasteiger partial charge on any atom is -0.444 e. The number of hydrogen-bond donors (Lipinski definition) is 2. The van der Waals surface area contributed by atoms with Crippen molar-refractivity contribution in [3.05, 3.63) is 0 Å². The fourth-order valence-corrected chi connectivity index (χ4v) is 4.05. The molecular formula is C22H41IN4O3. The van der Waals surface area contributed by atoms with E-state index in [-0.39, 0.29) is 36.1 Å². The topological polar surface area (TPSA) is 77.4 Å². The molecule has 7 nitrogen and oxygen atoms in total. The number of nitrogens with zero attached hydrogens (tertiary/aromatic N) is 3. The number of aliphatic hydroxyl groups is 1. The van der Waals surface area contributed by atoms with Crippen LogP contribution in [0, 0.1) is 5.92 Å². The lowest BCUT2D eigenvalue weighted by molar-refractivity contribution is -0.0239. The number of nitrogens with one attached hydrogen (secondary N) is 1. The van der Waals surface area contributed by atoms with Crippen LogP contribution in [0.2, 0.25) is 0 Å². The van der Waals surface area contributed by atoms with Gasteiger partial charge in [0.25, 0.3) is 0 Å². The summed E-state index contributed by atoms with van der Waals surface area (Å²) in [4.78, 5) is 21.8. The van der Waals surface area contributed by atoms with Crippen molar-refractivity contribution in [2.24, 2.45) is 10.9 Å². The van der Waals surface area contributed by atoms with E-state index in [1.165, 1.54) is 12.8 Å². The molecule has 2 saturated carbocycles. The van der Waals surface area contributed by atoms with E-state index in [1.807, 2.05) is 25.7 Å². The van der Waals surface area contributed by atoms with E-state index < -0.39 is 11.2 Å². The van der Waals surface area contributed by atoms with E-state index in [0.29, 0.717) is 12.5 Å². The van der Waals surface area contributed by atoms with E-state index >= 15 is 0 Å². The Balaban J connectivity index is 0.00000320. The lowest BCUT2D eigenvalue weighted by atomic mass is 9.80. The van der Waals surface area contributed by atoms with Crippen LogP contribution in [0.4, 0.5) is 4.79 Å². The van der Waals surface area contributed by atoms with Crippen molar-refractivity contribution >= 4 is 36.0 Å². The molecule has 0 unspecified atom stereocenters. The molecule has 0 spiro atoms. The summed E-state index contributed by atoms with van der Waals surface area (Å²) < 4.78 is 5.70.